The summed E-state index contributed by atoms with van der Waals surface area (Å²) in [5, 5.41) is 6.27. The van der Waals surface area contributed by atoms with Crippen LogP contribution < -0.4 is 10.6 Å². The maximum Gasteiger partial charge on any atom is 0.0704 e. The summed E-state index contributed by atoms with van der Waals surface area (Å²) in [4.78, 5) is 4.87. The number of hydrogen-bond acceptors (Lipinski definition) is 3. The summed E-state index contributed by atoms with van der Waals surface area (Å²) in [5.74, 6) is 0.491. The third kappa shape index (κ3) is 19.0. The van der Waals surface area contributed by atoms with Crippen LogP contribution in [0.4, 0.5) is 5.69 Å². The van der Waals surface area contributed by atoms with Crippen LogP contribution in [0.1, 0.15) is 93.1 Å². The molecule has 0 aliphatic heterocycles. The van der Waals surface area contributed by atoms with Crippen LogP contribution in [-0.4, -0.2) is 32.9 Å². The minimum absolute atomic E-state index is 0.491. The second-order valence-electron chi connectivity index (χ2n) is 7.43. The lowest BCUT2D eigenvalue weighted by Gasteiger charge is -2.15. The molecule has 0 aliphatic carbocycles. The number of allylic oxidation sites excluding steroid dienone is 3. The molecule has 0 amide bonds. The molecule has 0 aliphatic rings. The first-order valence-corrected chi connectivity index (χ1v) is 12.7. The van der Waals surface area contributed by atoms with E-state index in [-0.39, 0.29) is 0 Å². The molecular weight excluding hydrogens is 390 g/mol. The molecule has 0 fully saturated rings. The number of unbranched alkanes of at least 4 members (excludes halogenated alkanes) is 1. The molecule has 1 aromatic carbocycles. The molecule has 1 atom stereocenters. The standard InChI is InChI=1S/C18H28N2.C5H13N.C4H8.C2H6/c1-6-10-16(13-19-5)20-18-12-9-8-11-17(18)15(4)14(3)7-2;1-3-4-5-6-2;1-3-4-2;1-2/h8-9,11-12,14,19H,4,6-7,10,13H2,1-3,5H3;6H,3-5H2,1-2H3;3-4H,1-2H3;1-2H3/b;;4-3-;. The van der Waals surface area contributed by atoms with Crippen LogP contribution in [-0.2, 0) is 0 Å². The van der Waals surface area contributed by atoms with Gasteiger partial charge in [-0.1, -0.05) is 91.3 Å². The van der Waals surface area contributed by atoms with E-state index in [2.05, 4.69) is 69.2 Å². The van der Waals surface area contributed by atoms with Crippen LogP contribution in [0.3, 0.4) is 0 Å². The van der Waals surface area contributed by atoms with Gasteiger partial charge in [-0.05, 0) is 71.3 Å². The predicted molar refractivity (Wildman–Crippen MR) is 152 cm³/mol. The molecule has 0 saturated heterocycles. The molecule has 0 radical (unpaired) electrons. The fourth-order valence-electron chi connectivity index (χ4n) is 2.55. The summed E-state index contributed by atoms with van der Waals surface area (Å²) in [6.07, 6.45) is 9.85. The lowest BCUT2D eigenvalue weighted by Crippen LogP contribution is -2.18. The van der Waals surface area contributed by atoms with Crippen molar-refractivity contribution in [2.75, 3.05) is 27.2 Å². The zero-order valence-electron chi connectivity index (χ0n) is 23.1. The average Bonchev–Trinajstić information content (AvgIpc) is 2.84. The smallest absolute Gasteiger partial charge is 0.0704 e. The van der Waals surface area contributed by atoms with Crippen molar-refractivity contribution in [3.05, 3.63) is 48.6 Å². The largest absolute Gasteiger partial charge is 0.320 e. The van der Waals surface area contributed by atoms with Gasteiger partial charge in [0.2, 0.25) is 0 Å². The average molecular weight is 446 g/mol. The Hall–Kier alpha value is -1.71. The Kier molecular flexibility index (Phi) is 29.8. The Morgan fingerprint density at radius 3 is 2.00 bits per heavy atom. The first-order chi connectivity index (χ1) is 15.5. The van der Waals surface area contributed by atoms with Gasteiger partial charge in [0.1, 0.15) is 0 Å². The third-order valence-corrected chi connectivity index (χ3v) is 4.77. The first-order valence-electron chi connectivity index (χ1n) is 12.7. The fourth-order valence-corrected chi connectivity index (χ4v) is 2.55. The van der Waals surface area contributed by atoms with E-state index in [1.807, 2.05) is 53.9 Å². The summed E-state index contributed by atoms with van der Waals surface area (Å²) in [6.45, 7) is 23.1. The van der Waals surface area contributed by atoms with Gasteiger partial charge in [0.25, 0.3) is 0 Å². The molecule has 0 heterocycles. The molecule has 0 aromatic heterocycles. The second-order valence-corrected chi connectivity index (χ2v) is 7.43. The maximum absolute atomic E-state index is 4.87. The summed E-state index contributed by atoms with van der Waals surface area (Å²) >= 11 is 0. The molecule has 2 N–H and O–H groups in total. The van der Waals surface area contributed by atoms with Crippen LogP contribution in [0.2, 0.25) is 0 Å². The monoisotopic (exact) mass is 445 g/mol. The van der Waals surface area contributed by atoms with Crippen molar-refractivity contribution in [1.82, 2.24) is 10.6 Å². The highest BCUT2D eigenvalue weighted by Crippen LogP contribution is 2.31. The number of nitrogens with zero attached hydrogens (tertiary/aromatic N) is 1. The van der Waals surface area contributed by atoms with Gasteiger partial charge in [-0.3, -0.25) is 4.99 Å². The molecule has 0 bridgehead atoms. The zero-order chi connectivity index (χ0) is 25.2. The number of para-hydroxylation sites is 1. The Morgan fingerprint density at radius 2 is 1.59 bits per heavy atom. The van der Waals surface area contributed by atoms with Crippen LogP contribution in [0.25, 0.3) is 5.57 Å². The predicted octanol–water partition coefficient (Wildman–Crippen LogP) is 8.45. The van der Waals surface area contributed by atoms with E-state index in [0.29, 0.717) is 5.92 Å². The summed E-state index contributed by atoms with van der Waals surface area (Å²) in [5.41, 5.74) is 4.63. The number of hydrogen-bond donors (Lipinski definition) is 2. The summed E-state index contributed by atoms with van der Waals surface area (Å²) < 4.78 is 0. The SMILES string of the molecule is C/C=C\C.C=C(c1ccccc1N=C(CCC)CNC)C(C)CC.CC.CCCCNC. The van der Waals surface area contributed by atoms with Gasteiger partial charge in [0.15, 0.2) is 0 Å². The molecule has 3 nitrogen and oxygen atoms in total. The van der Waals surface area contributed by atoms with Crippen LogP contribution in [0, 0.1) is 5.92 Å². The first kappa shape index (κ1) is 34.9. The summed E-state index contributed by atoms with van der Waals surface area (Å²) in [6, 6.07) is 8.35. The van der Waals surface area contributed by atoms with Crippen LogP contribution in [0.5, 0.6) is 0 Å². The number of aliphatic imine (C=N–C) groups is 1. The Labute approximate surface area is 201 Å². The molecule has 0 saturated carbocycles. The zero-order valence-corrected chi connectivity index (χ0v) is 23.1. The lowest BCUT2D eigenvalue weighted by molar-refractivity contribution is 0.711. The second kappa shape index (κ2) is 27.3. The van der Waals surface area contributed by atoms with E-state index in [1.165, 1.54) is 29.7 Å². The van der Waals surface area contributed by atoms with Gasteiger partial charge in [0.05, 0.1) is 5.69 Å². The topological polar surface area (TPSA) is 36.4 Å². The van der Waals surface area contributed by atoms with Crippen LogP contribution >= 0.6 is 0 Å². The molecule has 32 heavy (non-hydrogen) atoms. The number of nitrogens with one attached hydrogen (secondary N) is 2. The van der Waals surface area contributed by atoms with Crippen molar-refractivity contribution in [3.8, 4) is 0 Å². The van der Waals surface area contributed by atoms with Crippen molar-refractivity contribution < 1.29 is 0 Å². The maximum atomic E-state index is 4.87. The third-order valence-electron chi connectivity index (χ3n) is 4.77. The van der Waals surface area contributed by atoms with Crippen molar-refractivity contribution in [2.24, 2.45) is 10.9 Å². The van der Waals surface area contributed by atoms with Crippen LogP contribution in [0.15, 0.2) is 48.0 Å². The van der Waals surface area contributed by atoms with E-state index < -0.39 is 0 Å². The normalized spacial score (nSPS) is 11.4. The van der Waals surface area contributed by atoms with Gasteiger partial charge < -0.3 is 10.6 Å². The molecule has 1 unspecified atom stereocenters. The minimum atomic E-state index is 0.491. The number of rotatable bonds is 11. The lowest BCUT2D eigenvalue weighted by atomic mass is 9.92. The molecule has 0 spiro atoms. The molecular formula is C29H55N3. The highest BCUT2D eigenvalue weighted by molar-refractivity contribution is 5.90. The van der Waals surface area contributed by atoms with Gasteiger partial charge in [-0.15, -0.1) is 0 Å². The van der Waals surface area contributed by atoms with E-state index in [4.69, 9.17) is 4.99 Å². The highest BCUT2D eigenvalue weighted by atomic mass is 14.9. The van der Waals surface area contributed by atoms with Gasteiger partial charge in [-0.25, -0.2) is 0 Å². The van der Waals surface area contributed by atoms with Gasteiger partial charge in [-0.2, -0.15) is 0 Å². The Balaban J connectivity index is -0.000000580. The quantitative estimate of drug-likeness (QED) is 0.203. The van der Waals surface area contributed by atoms with E-state index in [1.54, 1.807) is 0 Å². The minimum Gasteiger partial charge on any atom is -0.320 e. The number of benzene rings is 1. The summed E-state index contributed by atoms with van der Waals surface area (Å²) in [7, 11) is 3.95. The van der Waals surface area contributed by atoms with Crippen molar-refractivity contribution in [3.63, 3.8) is 0 Å². The molecule has 1 aromatic rings. The highest BCUT2D eigenvalue weighted by Gasteiger charge is 2.11. The van der Waals surface area contributed by atoms with Crippen molar-refractivity contribution >= 4 is 17.0 Å². The van der Waals surface area contributed by atoms with Gasteiger partial charge >= 0.3 is 0 Å². The van der Waals surface area contributed by atoms with Gasteiger partial charge in [0, 0.05) is 17.8 Å². The fraction of sp³-hybridized carbons (Fsp3) is 0.621. The molecule has 3 heteroatoms. The molecule has 186 valence electrons. The molecule has 1 rings (SSSR count). The van der Waals surface area contributed by atoms with Crippen molar-refractivity contribution in [1.29, 1.82) is 0 Å². The van der Waals surface area contributed by atoms with E-state index in [0.717, 1.165) is 38.0 Å². The van der Waals surface area contributed by atoms with Crippen molar-refractivity contribution in [2.45, 2.75) is 87.5 Å². The van der Waals surface area contributed by atoms with E-state index >= 15 is 0 Å². The van der Waals surface area contributed by atoms with E-state index in [9.17, 15) is 0 Å². The Morgan fingerprint density at radius 1 is 1.00 bits per heavy atom. The Bertz CT molecular complexity index is 572.